The molecule has 0 aromatic rings. The van der Waals surface area contributed by atoms with Gasteiger partial charge in [-0.3, -0.25) is 4.79 Å². The fraction of sp³-hybridized carbons (Fsp3) is 0.927. The Morgan fingerprint density at radius 1 is 0.543 bits per heavy atom. The van der Waals surface area contributed by atoms with Crippen LogP contribution in [-0.4, -0.2) is 46.1 Å². The molecule has 0 spiro atoms. The van der Waals surface area contributed by atoms with Crippen LogP contribution in [0.3, 0.4) is 0 Å². The lowest BCUT2D eigenvalue weighted by molar-refractivity contribution is -0.124. The summed E-state index contributed by atoms with van der Waals surface area (Å²) in [4.78, 5) is 12.4. The predicted octanol–water partition coefficient (Wildman–Crippen LogP) is 11.3. The van der Waals surface area contributed by atoms with Gasteiger partial charge in [0.15, 0.2) is 0 Å². The first-order chi connectivity index (χ1) is 22.5. The van der Waals surface area contributed by atoms with Crippen molar-refractivity contribution in [1.29, 1.82) is 0 Å². The highest BCUT2D eigenvalue weighted by Crippen LogP contribution is 2.16. The van der Waals surface area contributed by atoms with Crippen molar-refractivity contribution in [2.45, 2.75) is 238 Å². The number of amides is 1. The largest absolute Gasteiger partial charge is 0.394 e. The maximum absolute atomic E-state index is 12.4. The molecule has 3 unspecified atom stereocenters. The highest BCUT2D eigenvalue weighted by Gasteiger charge is 2.20. The van der Waals surface area contributed by atoms with Crippen LogP contribution in [0.4, 0.5) is 0 Å². The smallest absolute Gasteiger partial charge is 0.222 e. The molecule has 46 heavy (non-hydrogen) atoms. The average Bonchev–Trinajstić information content (AvgIpc) is 3.05. The van der Waals surface area contributed by atoms with Gasteiger partial charge in [-0.1, -0.05) is 206 Å². The van der Waals surface area contributed by atoms with E-state index >= 15 is 0 Å². The van der Waals surface area contributed by atoms with Crippen molar-refractivity contribution in [2.24, 2.45) is 0 Å². The van der Waals surface area contributed by atoms with E-state index in [0.717, 1.165) is 25.7 Å². The molecule has 0 aromatic heterocycles. The summed E-state index contributed by atoms with van der Waals surface area (Å²) in [5.74, 6) is -0.313. The fourth-order valence-corrected chi connectivity index (χ4v) is 6.40. The molecule has 0 aliphatic rings. The highest BCUT2D eigenvalue weighted by atomic mass is 16.3. The van der Waals surface area contributed by atoms with Gasteiger partial charge < -0.3 is 20.6 Å². The van der Waals surface area contributed by atoms with Crippen molar-refractivity contribution in [1.82, 2.24) is 5.32 Å². The molecule has 0 fully saturated rings. The molecule has 0 radical (unpaired) electrons. The van der Waals surface area contributed by atoms with E-state index < -0.39 is 18.2 Å². The average molecular weight is 652 g/mol. The lowest BCUT2D eigenvalue weighted by Gasteiger charge is -2.21. The molecular weight excluding hydrogens is 570 g/mol. The van der Waals surface area contributed by atoms with Gasteiger partial charge in [0.05, 0.1) is 31.3 Å². The topological polar surface area (TPSA) is 89.8 Å². The van der Waals surface area contributed by atoms with Gasteiger partial charge in [-0.2, -0.15) is 0 Å². The Hall–Kier alpha value is -0.910. The molecule has 0 rings (SSSR count). The maximum Gasteiger partial charge on any atom is 0.222 e. The molecule has 0 bridgehead atoms. The number of aliphatic hydroxyl groups is 3. The third-order valence-electron chi connectivity index (χ3n) is 9.57. The minimum Gasteiger partial charge on any atom is -0.394 e. The predicted molar refractivity (Wildman–Crippen MR) is 199 cm³/mol. The van der Waals surface area contributed by atoms with Crippen LogP contribution in [0.1, 0.15) is 219 Å². The Balaban J connectivity index is 3.65. The summed E-state index contributed by atoms with van der Waals surface area (Å²) < 4.78 is 0. The number of allylic oxidation sites excluding steroid dienone is 1. The van der Waals surface area contributed by atoms with Gasteiger partial charge in [0.2, 0.25) is 5.91 Å². The van der Waals surface area contributed by atoms with Crippen LogP contribution in [0, 0.1) is 0 Å². The number of unbranched alkanes of at least 4 members (excludes halogenated alkanes) is 28. The Labute approximate surface area is 287 Å². The van der Waals surface area contributed by atoms with Crippen LogP contribution < -0.4 is 5.32 Å². The summed E-state index contributed by atoms with van der Waals surface area (Å²) in [7, 11) is 0. The minimum atomic E-state index is -0.922. The summed E-state index contributed by atoms with van der Waals surface area (Å²) in [5.41, 5.74) is 0. The number of carbonyl (C=O) groups excluding carboxylic acids is 1. The van der Waals surface area contributed by atoms with E-state index in [1.54, 1.807) is 6.08 Å². The van der Waals surface area contributed by atoms with Crippen LogP contribution in [-0.2, 0) is 4.79 Å². The van der Waals surface area contributed by atoms with E-state index in [1.165, 1.54) is 167 Å². The van der Waals surface area contributed by atoms with Crippen molar-refractivity contribution in [3.8, 4) is 0 Å². The van der Waals surface area contributed by atoms with Crippen LogP contribution in [0.25, 0.3) is 0 Å². The molecule has 0 heterocycles. The van der Waals surface area contributed by atoms with E-state index in [1.807, 2.05) is 6.08 Å². The van der Waals surface area contributed by atoms with Crippen molar-refractivity contribution in [3.05, 3.63) is 12.2 Å². The summed E-state index contributed by atoms with van der Waals surface area (Å²) in [5, 5.41) is 33.1. The van der Waals surface area contributed by atoms with Crippen molar-refractivity contribution in [2.75, 3.05) is 6.61 Å². The molecular formula is C41H81NO4. The van der Waals surface area contributed by atoms with Crippen LogP contribution in [0.2, 0.25) is 0 Å². The summed E-state index contributed by atoms with van der Waals surface area (Å²) in [6, 6.07) is -0.738. The third kappa shape index (κ3) is 33.0. The number of nitrogens with one attached hydrogen (secondary N) is 1. The van der Waals surface area contributed by atoms with Gasteiger partial charge in [0, 0.05) is 0 Å². The lowest BCUT2D eigenvalue weighted by atomic mass is 10.0. The number of carbonyl (C=O) groups is 1. The zero-order valence-electron chi connectivity index (χ0n) is 31.0. The first kappa shape index (κ1) is 45.1. The van der Waals surface area contributed by atoms with E-state index in [0.29, 0.717) is 6.42 Å². The molecule has 0 saturated carbocycles. The number of rotatable bonds is 37. The fourth-order valence-electron chi connectivity index (χ4n) is 6.40. The zero-order chi connectivity index (χ0) is 33.8. The quantitative estimate of drug-likeness (QED) is 0.0397. The second-order valence-corrected chi connectivity index (χ2v) is 14.3. The number of hydrogen-bond acceptors (Lipinski definition) is 4. The molecule has 0 aliphatic heterocycles. The monoisotopic (exact) mass is 652 g/mol. The molecule has 3 atom stereocenters. The molecule has 5 nitrogen and oxygen atoms in total. The molecule has 1 amide bonds. The Kier molecular flexibility index (Phi) is 36.2. The Bertz CT molecular complexity index is 640. The van der Waals surface area contributed by atoms with E-state index in [4.69, 9.17) is 0 Å². The van der Waals surface area contributed by atoms with Gasteiger partial charge in [-0.05, 0) is 19.3 Å². The number of aliphatic hydroxyl groups excluding tert-OH is 3. The van der Waals surface area contributed by atoms with Crippen LogP contribution >= 0.6 is 0 Å². The van der Waals surface area contributed by atoms with Gasteiger partial charge in [-0.25, -0.2) is 0 Å². The Morgan fingerprint density at radius 2 is 0.891 bits per heavy atom. The second kappa shape index (κ2) is 36.9. The Morgan fingerprint density at radius 3 is 1.26 bits per heavy atom. The standard InChI is InChI=1S/C41H81NO4/c1-3-5-7-9-11-13-15-17-18-19-20-21-23-24-26-28-30-32-34-38(44)36-41(46)42-39(37-43)40(45)35-33-31-29-27-25-22-16-14-12-10-8-6-4-2/h33,35,38-40,43-45H,3-32,34,36-37H2,1-2H3,(H,42,46)/b35-33+. The van der Waals surface area contributed by atoms with Gasteiger partial charge >= 0.3 is 0 Å². The molecule has 0 aliphatic carbocycles. The van der Waals surface area contributed by atoms with Crippen LogP contribution in [0.5, 0.6) is 0 Å². The molecule has 0 aromatic carbocycles. The second-order valence-electron chi connectivity index (χ2n) is 14.3. The molecule has 0 saturated heterocycles. The SMILES string of the molecule is CCCCCCCCCCCCC/C=C/C(O)C(CO)NC(=O)CC(O)CCCCCCCCCCCCCCCCCCCC. The highest BCUT2D eigenvalue weighted by molar-refractivity contribution is 5.76. The van der Waals surface area contributed by atoms with E-state index in [-0.39, 0.29) is 18.9 Å². The first-order valence-electron chi connectivity index (χ1n) is 20.5. The maximum atomic E-state index is 12.4. The summed E-state index contributed by atoms with van der Waals surface area (Å²) >= 11 is 0. The van der Waals surface area contributed by atoms with Crippen molar-refractivity contribution < 1.29 is 20.1 Å². The number of hydrogen-bond donors (Lipinski definition) is 4. The van der Waals surface area contributed by atoms with E-state index in [2.05, 4.69) is 19.2 Å². The normalized spacial score (nSPS) is 13.8. The molecule has 5 heteroatoms. The summed E-state index contributed by atoms with van der Waals surface area (Å²) in [6.45, 7) is 4.21. The lowest BCUT2D eigenvalue weighted by Crippen LogP contribution is -2.45. The minimum absolute atomic E-state index is 0.0185. The van der Waals surface area contributed by atoms with Crippen molar-refractivity contribution >= 4 is 5.91 Å². The summed E-state index contributed by atoms with van der Waals surface area (Å²) in [6.07, 6.45) is 42.0. The zero-order valence-corrected chi connectivity index (χ0v) is 31.0. The third-order valence-corrected chi connectivity index (χ3v) is 9.57. The first-order valence-corrected chi connectivity index (χ1v) is 20.5. The molecule has 4 N–H and O–H groups in total. The molecule has 274 valence electrons. The van der Waals surface area contributed by atoms with E-state index in [9.17, 15) is 20.1 Å². The van der Waals surface area contributed by atoms with Gasteiger partial charge in [0.25, 0.3) is 0 Å². The van der Waals surface area contributed by atoms with Gasteiger partial charge in [0.1, 0.15) is 0 Å². The van der Waals surface area contributed by atoms with Gasteiger partial charge in [-0.15, -0.1) is 0 Å². The van der Waals surface area contributed by atoms with Crippen LogP contribution in [0.15, 0.2) is 12.2 Å². The van der Waals surface area contributed by atoms with Crippen molar-refractivity contribution in [3.63, 3.8) is 0 Å².